The van der Waals surface area contributed by atoms with E-state index in [4.69, 9.17) is 0 Å². The molecule has 0 spiro atoms. The van der Waals surface area contributed by atoms with Crippen LogP contribution in [0, 0.1) is 0 Å². The third-order valence-electron chi connectivity index (χ3n) is 3.15. The van der Waals surface area contributed by atoms with Gasteiger partial charge in [0.05, 0.1) is 22.9 Å². The highest BCUT2D eigenvalue weighted by Gasteiger charge is 2.07. The SMILES string of the molecule is CC(Nc1ccc(Br)nc1)c1ccc2[nH]c(=O)[nH]c2c1. The second kappa shape index (κ2) is 5.13. The number of fused-ring (bicyclic) bond motifs is 1. The number of imidazole rings is 1. The van der Waals surface area contributed by atoms with E-state index in [0.29, 0.717) is 0 Å². The molecule has 3 aromatic rings. The molecule has 1 aromatic carbocycles. The van der Waals surface area contributed by atoms with Crippen molar-refractivity contribution in [3.63, 3.8) is 0 Å². The lowest BCUT2D eigenvalue weighted by Crippen LogP contribution is -2.06. The Bertz CT molecular complexity index is 791. The molecule has 0 aliphatic carbocycles. The maximum atomic E-state index is 11.3. The fraction of sp³-hybridized carbons (Fsp3) is 0.143. The number of hydrogen-bond donors (Lipinski definition) is 3. The molecule has 0 aliphatic heterocycles. The summed E-state index contributed by atoms with van der Waals surface area (Å²) in [5, 5.41) is 3.37. The zero-order valence-electron chi connectivity index (χ0n) is 10.8. The average Bonchev–Trinajstić information content (AvgIpc) is 2.80. The molecule has 20 heavy (non-hydrogen) atoms. The number of aromatic amines is 2. The van der Waals surface area contributed by atoms with Gasteiger partial charge in [0.1, 0.15) is 4.60 Å². The number of halogens is 1. The van der Waals surface area contributed by atoms with E-state index in [-0.39, 0.29) is 11.7 Å². The fourth-order valence-corrected chi connectivity index (χ4v) is 2.35. The molecule has 2 heterocycles. The van der Waals surface area contributed by atoms with Gasteiger partial charge in [-0.05, 0) is 52.7 Å². The highest BCUT2D eigenvalue weighted by atomic mass is 79.9. The van der Waals surface area contributed by atoms with Gasteiger partial charge in [0, 0.05) is 6.04 Å². The van der Waals surface area contributed by atoms with Gasteiger partial charge in [-0.15, -0.1) is 0 Å². The Morgan fingerprint density at radius 1 is 1.20 bits per heavy atom. The molecular weight excluding hydrogens is 320 g/mol. The summed E-state index contributed by atoms with van der Waals surface area (Å²) >= 11 is 3.31. The molecule has 6 heteroatoms. The minimum Gasteiger partial charge on any atom is -0.377 e. The quantitative estimate of drug-likeness (QED) is 0.645. The third-order valence-corrected chi connectivity index (χ3v) is 3.62. The molecule has 0 bridgehead atoms. The molecule has 0 saturated heterocycles. The third kappa shape index (κ3) is 2.60. The van der Waals surface area contributed by atoms with E-state index >= 15 is 0 Å². The minimum atomic E-state index is -0.185. The first-order valence-electron chi connectivity index (χ1n) is 6.22. The number of hydrogen-bond acceptors (Lipinski definition) is 3. The van der Waals surface area contributed by atoms with Crippen LogP contribution in [0.1, 0.15) is 18.5 Å². The molecule has 102 valence electrons. The van der Waals surface area contributed by atoms with Crippen molar-refractivity contribution < 1.29 is 0 Å². The summed E-state index contributed by atoms with van der Waals surface area (Å²) in [5.41, 5.74) is 3.49. The smallest absolute Gasteiger partial charge is 0.323 e. The summed E-state index contributed by atoms with van der Waals surface area (Å²) in [6.07, 6.45) is 1.78. The first-order chi connectivity index (χ1) is 9.61. The van der Waals surface area contributed by atoms with E-state index in [9.17, 15) is 4.79 Å². The maximum Gasteiger partial charge on any atom is 0.323 e. The van der Waals surface area contributed by atoms with Gasteiger partial charge in [0.25, 0.3) is 0 Å². The van der Waals surface area contributed by atoms with E-state index in [1.54, 1.807) is 6.20 Å². The molecule has 0 amide bonds. The number of benzene rings is 1. The lowest BCUT2D eigenvalue weighted by Gasteiger charge is -2.15. The van der Waals surface area contributed by atoms with Gasteiger partial charge in [-0.3, -0.25) is 0 Å². The van der Waals surface area contributed by atoms with E-state index in [2.05, 4.69) is 43.1 Å². The molecule has 3 N–H and O–H groups in total. The molecule has 0 aliphatic rings. The Morgan fingerprint density at radius 3 is 2.75 bits per heavy atom. The molecule has 1 atom stereocenters. The van der Waals surface area contributed by atoms with Crippen molar-refractivity contribution in [3.8, 4) is 0 Å². The van der Waals surface area contributed by atoms with Crippen molar-refractivity contribution >= 4 is 32.7 Å². The van der Waals surface area contributed by atoms with Gasteiger partial charge in [-0.25, -0.2) is 9.78 Å². The van der Waals surface area contributed by atoms with Crippen LogP contribution in [0.3, 0.4) is 0 Å². The first-order valence-corrected chi connectivity index (χ1v) is 7.01. The van der Waals surface area contributed by atoms with Crippen LogP contribution in [0.15, 0.2) is 45.9 Å². The highest BCUT2D eigenvalue weighted by Crippen LogP contribution is 2.21. The predicted octanol–water partition coefficient (Wildman–Crippen LogP) is 3.19. The number of aromatic nitrogens is 3. The van der Waals surface area contributed by atoms with Crippen molar-refractivity contribution in [1.29, 1.82) is 0 Å². The van der Waals surface area contributed by atoms with Crippen LogP contribution >= 0.6 is 15.9 Å². The second-order valence-electron chi connectivity index (χ2n) is 4.62. The maximum absolute atomic E-state index is 11.3. The summed E-state index contributed by atoms with van der Waals surface area (Å²) in [4.78, 5) is 20.9. The van der Waals surface area contributed by atoms with E-state index < -0.39 is 0 Å². The predicted molar refractivity (Wildman–Crippen MR) is 82.9 cm³/mol. The number of nitrogens with one attached hydrogen (secondary N) is 3. The lowest BCUT2D eigenvalue weighted by molar-refractivity contribution is 0.884. The van der Waals surface area contributed by atoms with Gasteiger partial charge in [-0.2, -0.15) is 0 Å². The summed E-state index contributed by atoms with van der Waals surface area (Å²) in [6.45, 7) is 2.06. The van der Waals surface area contributed by atoms with Gasteiger partial charge in [0.2, 0.25) is 0 Å². The monoisotopic (exact) mass is 332 g/mol. The lowest BCUT2D eigenvalue weighted by atomic mass is 10.1. The zero-order chi connectivity index (χ0) is 14.1. The molecule has 0 fully saturated rings. The van der Waals surface area contributed by atoms with Crippen LogP contribution < -0.4 is 11.0 Å². The highest BCUT2D eigenvalue weighted by molar-refractivity contribution is 9.10. The Hall–Kier alpha value is -2.08. The average molecular weight is 333 g/mol. The summed E-state index contributed by atoms with van der Waals surface area (Å²) in [7, 11) is 0. The Morgan fingerprint density at radius 2 is 2.00 bits per heavy atom. The molecule has 2 aromatic heterocycles. The summed E-state index contributed by atoms with van der Waals surface area (Å²) in [5.74, 6) is 0. The number of rotatable bonds is 3. The van der Waals surface area contributed by atoms with Crippen molar-refractivity contribution in [2.75, 3.05) is 5.32 Å². The summed E-state index contributed by atoms with van der Waals surface area (Å²) in [6, 6.07) is 9.83. The van der Waals surface area contributed by atoms with Crippen molar-refractivity contribution in [1.82, 2.24) is 15.0 Å². The van der Waals surface area contributed by atoms with Gasteiger partial charge < -0.3 is 15.3 Å². The largest absolute Gasteiger partial charge is 0.377 e. The van der Waals surface area contributed by atoms with E-state index in [1.165, 1.54) is 0 Å². The van der Waals surface area contributed by atoms with E-state index in [1.807, 2.05) is 30.3 Å². The molecule has 0 radical (unpaired) electrons. The van der Waals surface area contributed by atoms with Crippen molar-refractivity contribution in [3.05, 3.63) is 57.2 Å². The molecule has 0 saturated carbocycles. The van der Waals surface area contributed by atoms with Crippen LogP contribution in [-0.4, -0.2) is 15.0 Å². The molecule has 1 unspecified atom stereocenters. The van der Waals surface area contributed by atoms with Gasteiger partial charge >= 0.3 is 5.69 Å². The normalized spacial score (nSPS) is 12.5. The minimum absolute atomic E-state index is 0.112. The Balaban J connectivity index is 1.85. The van der Waals surface area contributed by atoms with Gasteiger partial charge in [0.15, 0.2) is 0 Å². The zero-order valence-corrected chi connectivity index (χ0v) is 12.4. The standard InChI is InChI=1S/C14H13BrN4O/c1-8(17-10-3-5-13(15)16-7-10)9-2-4-11-12(6-9)19-14(20)18-11/h2-8,17H,1H3,(H2,18,19,20). The molecular formula is C14H13BrN4O. The number of pyridine rings is 1. The van der Waals surface area contributed by atoms with E-state index in [0.717, 1.165) is 26.9 Å². The Labute approximate surface area is 123 Å². The van der Waals surface area contributed by atoms with Crippen LogP contribution in [0.5, 0.6) is 0 Å². The summed E-state index contributed by atoms with van der Waals surface area (Å²) < 4.78 is 0.807. The number of H-pyrrole nitrogens is 2. The Kier molecular flexibility index (Phi) is 3.31. The second-order valence-corrected chi connectivity index (χ2v) is 5.43. The van der Waals surface area contributed by atoms with Gasteiger partial charge in [-0.1, -0.05) is 6.07 Å². The first kappa shape index (κ1) is 12.9. The van der Waals surface area contributed by atoms with Crippen LogP contribution in [0.2, 0.25) is 0 Å². The number of nitrogens with zero attached hydrogens (tertiary/aromatic N) is 1. The molecule has 3 rings (SSSR count). The molecule has 5 nitrogen and oxygen atoms in total. The van der Waals surface area contributed by atoms with Crippen molar-refractivity contribution in [2.45, 2.75) is 13.0 Å². The topological polar surface area (TPSA) is 73.6 Å². The van der Waals surface area contributed by atoms with Crippen molar-refractivity contribution in [2.24, 2.45) is 0 Å². The van der Waals surface area contributed by atoms with Crippen LogP contribution in [-0.2, 0) is 0 Å². The fourth-order valence-electron chi connectivity index (χ4n) is 2.11. The van der Waals surface area contributed by atoms with Crippen LogP contribution in [0.4, 0.5) is 5.69 Å². The van der Waals surface area contributed by atoms with Crippen LogP contribution in [0.25, 0.3) is 11.0 Å². The number of anilines is 1.